The number of amides is 2. The van der Waals surface area contributed by atoms with Crippen LogP contribution in [-0.2, 0) is 9.59 Å². The zero-order valence-corrected chi connectivity index (χ0v) is 13.6. The van der Waals surface area contributed by atoms with Crippen molar-refractivity contribution < 1.29 is 19.1 Å². The molecule has 0 fully saturated rings. The van der Waals surface area contributed by atoms with Gasteiger partial charge in [-0.25, -0.2) is 4.68 Å². The number of anilines is 2. The van der Waals surface area contributed by atoms with E-state index in [0.717, 1.165) is 5.69 Å². The lowest BCUT2D eigenvalue weighted by Gasteiger charge is -2.24. The molecule has 8 heteroatoms. The molecule has 0 saturated heterocycles. The number of nitrogens with one attached hydrogen (secondary N) is 2. The number of hydrogen-bond donors (Lipinski definition) is 2. The van der Waals surface area contributed by atoms with Crippen LogP contribution >= 0.6 is 0 Å². The van der Waals surface area contributed by atoms with Crippen LogP contribution < -0.4 is 20.1 Å². The number of fused-ring (bicyclic) bond motifs is 1. The van der Waals surface area contributed by atoms with E-state index in [1.54, 1.807) is 38.3 Å². The Morgan fingerprint density at radius 3 is 2.83 bits per heavy atom. The number of nitrogens with zero attached hydrogens (tertiary/aromatic N) is 2. The third-order valence-electron chi connectivity index (χ3n) is 3.77. The topological polar surface area (TPSA) is 94.5 Å². The highest BCUT2D eigenvalue weighted by Gasteiger charge is 2.32. The summed E-state index contributed by atoms with van der Waals surface area (Å²) in [5, 5.41) is 9.79. The van der Waals surface area contributed by atoms with Crippen molar-refractivity contribution in [1.82, 2.24) is 9.78 Å². The van der Waals surface area contributed by atoms with Gasteiger partial charge in [0.2, 0.25) is 11.8 Å². The van der Waals surface area contributed by atoms with Crippen LogP contribution in [0, 0.1) is 6.92 Å². The second-order valence-corrected chi connectivity index (χ2v) is 5.44. The van der Waals surface area contributed by atoms with E-state index in [-0.39, 0.29) is 18.2 Å². The molecule has 2 heterocycles. The molecule has 2 aromatic rings. The molecule has 0 bridgehead atoms. The second kappa shape index (κ2) is 6.23. The molecule has 1 atom stereocenters. The molecule has 0 saturated carbocycles. The molecule has 0 unspecified atom stereocenters. The Morgan fingerprint density at radius 2 is 2.12 bits per heavy atom. The number of carbonyl (C=O) groups is 2. The third kappa shape index (κ3) is 2.90. The number of rotatable bonds is 4. The van der Waals surface area contributed by atoms with E-state index in [1.807, 2.05) is 0 Å². The first-order valence-corrected chi connectivity index (χ1v) is 7.40. The highest BCUT2D eigenvalue weighted by atomic mass is 16.5. The van der Waals surface area contributed by atoms with Gasteiger partial charge in [0.25, 0.3) is 0 Å². The van der Waals surface area contributed by atoms with Crippen LogP contribution in [-0.4, -0.2) is 35.8 Å². The number of aryl methyl sites for hydroxylation is 1. The summed E-state index contributed by atoms with van der Waals surface area (Å²) in [5.74, 6) is 1.05. The minimum atomic E-state index is -0.714. The Labute approximate surface area is 138 Å². The van der Waals surface area contributed by atoms with Crippen LogP contribution in [0.25, 0.3) is 0 Å². The fourth-order valence-electron chi connectivity index (χ4n) is 2.63. The van der Waals surface area contributed by atoms with Gasteiger partial charge in [0, 0.05) is 12.1 Å². The Bertz CT molecular complexity index is 799. The number of aromatic nitrogens is 2. The van der Waals surface area contributed by atoms with Gasteiger partial charge < -0.3 is 20.1 Å². The molecule has 1 aromatic heterocycles. The summed E-state index contributed by atoms with van der Waals surface area (Å²) in [6.07, 6.45) is 0.0262. The maximum Gasteiger partial charge on any atom is 0.249 e. The van der Waals surface area contributed by atoms with Crippen LogP contribution in [0.2, 0.25) is 0 Å². The monoisotopic (exact) mass is 330 g/mol. The maximum atomic E-state index is 12.7. The van der Waals surface area contributed by atoms with E-state index in [4.69, 9.17) is 9.47 Å². The van der Waals surface area contributed by atoms with Crippen molar-refractivity contribution in [3.05, 3.63) is 30.0 Å². The zero-order chi connectivity index (χ0) is 17.3. The summed E-state index contributed by atoms with van der Waals surface area (Å²) in [6, 6.07) is 6.09. The first-order chi connectivity index (χ1) is 11.5. The van der Waals surface area contributed by atoms with Crippen LogP contribution in [0.3, 0.4) is 0 Å². The average Bonchev–Trinajstić information content (AvgIpc) is 2.94. The van der Waals surface area contributed by atoms with Crippen molar-refractivity contribution in [2.75, 3.05) is 24.9 Å². The average molecular weight is 330 g/mol. The first-order valence-electron chi connectivity index (χ1n) is 7.40. The minimum absolute atomic E-state index is 0.0262. The van der Waals surface area contributed by atoms with Gasteiger partial charge >= 0.3 is 0 Å². The largest absolute Gasteiger partial charge is 0.497 e. The van der Waals surface area contributed by atoms with Gasteiger partial charge in [-0.15, -0.1) is 0 Å². The van der Waals surface area contributed by atoms with E-state index in [1.165, 1.54) is 11.8 Å². The zero-order valence-electron chi connectivity index (χ0n) is 13.6. The molecule has 126 valence electrons. The summed E-state index contributed by atoms with van der Waals surface area (Å²) in [4.78, 5) is 24.5. The van der Waals surface area contributed by atoms with E-state index in [9.17, 15) is 9.59 Å². The molecule has 0 aliphatic carbocycles. The molecule has 8 nitrogen and oxygen atoms in total. The summed E-state index contributed by atoms with van der Waals surface area (Å²) < 4.78 is 11.9. The normalized spacial score (nSPS) is 16.1. The number of ether oxygens (including phenoxy) is 2. The van der Waals surface area contributed by atoms with Crippen molar-refractivity contribution in [3.63, 3.8) is 0 Å². The molecule has 1 aromatic carbocycles. The third-order valence-corrected chi connectivity index (χ3v) is 3.77. The van der Waals surface area contributed by atoms with Crippen LogP contribution in [0.15, 0.2) is 24.3 Å². The van der Waals surface area contributed by atoms with E-state index in [0.29, 0.717) is 23.0 Å². The minimum Gasteiger partial charge on any atom is -0.497 e. The standard InChI is InChI=1S/C16H18N4O4/c1-9-6-14-18-15(21)8-12(20(14)19-9)16(22)17-11-5-4-10(23-2)7-13(11)24-3/h4-7,12H,8H2,1-3H3,(H,17,22)(H,18,21)/t12-/m1/s1. The van der Waals surface area contributed by atoms with E-state index in [2.05, 4.69) is 15.7 Å². The van der Waals surface area contributed by atoms with Crippen molar-refractivity contribution >= 4 is 23.3 Å². The van der Waals surface area contributed by atoms with E-state index >= 15 is 0 Å². The van der Waals surface area contributed by atoms with Crippen molar-refractivity contribution in [2.45, 2.75) is 19.4 Å². The number of carbonyl (C=O) groups excluding carboxylic acids is 2. The van der Waals surface area contributed by atoms with Crippen molar-refractivity contribution in [2.24, 2.45) is 0 Å². The Kier molecular flexibility index (Phi) is 4.11. The summed E-state index contributed by atoms with van der Waals surface area (Å²) in [5.41, 5.74) is 1.23. The Morgan fingerprint density at radius 1 is 1.33 bits per heavy atom. The SMILES string of the molecule is COc1ccc(NC(=O)[C@H]2CC(=O)Nc3cc(C)nn32)c(OC)c1. The molecule has 0 radical (unpaired) electrons. The Hall–Kier alpha value is -3.03. The lowest BCUT2D eigenvalue weighted by Crippen LogP contribution is -2.35. The molecular weight excluding hydrogens is 312 g/mol. The van der Waals surface area contributed by atoms with Crippen LogP contribution in [0.4, 0.5) is 11.5 Å². The van der Waals surface area contributed by atoms with E-state index < -0.39 is 6.04 Å². The fourth-order valence-corrected chi connectivity index (χ4v) is 2.63. The van der Waals surface area contributed by atoms with Gasteiger partial charge in [-0.1, -0.05) is 0 Å². The summed E-state index contributed by atoms with van der Waals surface area (Å²) >= 11 is 0. The molecule has 0 spiro atoms. The molecule has 24 heavy (non-hydrogen) atoms. The molecular formula is C16H18N4O4. The first kappa shape index (κ1) is 15.9. The van der Waals surface area contributed by atoms with Gasteiger partial charge in [0.05, 0.1) is 32.0 Å². The predicted octanol–water partition coefficient (Wildman–Crippen LogP) is 1.73. The molecule has 3 rings (SSSR count). The summed E-state index contributed by atoms with van der Waals surface area (Å²) in [7, 11) is 3.06. The van der Waals surface area contributed by atoms with Gasteiger partial charge in [-0.2, -0.15) is 5.10 Å². The van der Waals surface area contributed by atoms with Gasteiger partial charge in [-0.3, -0.25) is 9.59 Å². The quantitative estimate of drug-likeness (QED) is 0.890. The summed E-state index contributed by atoms with van der Waals surface area (Å²) in [6.45, 7) is 1.80. The molecule has 1 aliphatic rings. The molecule has 2 amide bonds. The highest BCUT2D eigenvalue weighted by Crippen LogP contribution is 2.31. The lowest BCUT2D eigenvalue weighted by atomic mass is 10.1. The van der Waals surface area contributed by atoms with Gasteiger partial charge in [0.1, 0.15) is 23.4 Å². The van der Waals surface area contributed by atoms with Crippen LogP contribution in [0.5, 0.6) is 11.5 Å². The van der Waals surface area contributed by atoms with Gasteiger partial charge in [-0.05, 0) is 19.1 Å². The van der Waals surface area contributed by atoms with Crippen molar-refractivity contribution in [3.8, 4) is 11.5 Å². The predicted molar refractivity (Wildman–Crippen MR) is 87.4 cm³/mol. The number of benzene rings is 1. The molecule has 2 N–H and O–H groups in total. The van der Waals surface area contributed by atoms with Crippen LogP contribution in [0.1, 0.15) is 18.2 Å². The highest BCUT2D eigenvalue weighted by molar-refractivity contribution is 6.01. The number of methoxy groups -OCH3 is 2. The smallest absolute Gasteiger partial charge is 0.249 e. The molecule has 1 aliphatic heterocycles. The second-order valence-electron chi connectivity index (χ2n) is 5.44. The lowest BCUT2D eigenvalue weighted by molar-refractivity contribution is -0.125. The fraction of sp³-hybridized carbons (Fsp3) is 0.312. The number of hydrogen-bond acceptors (Lipinski definition) is 5. The maximum absolute atomic E-state index is 12.7. The van der Waals surface area contributed by atoms with Gasteiger partial charge in [0.15, 0.2) is 0 Å². The Balaban J connectivity index is 1.86. The van der Waals surface area contributed by atoms with Crippen molar-refractivity contribution in [1.29, 1.82) is 0 Å².